The van der Waals surface area contributed by atoms with Gasteiger partial charge in [0.1, 0.15) is 0 Å². The summed E-state index contributed by atoms with van der Waals surface area (Å²) in [6.45, 7) is 11.3. The van der Waals surface area contributed by atoms with Crippen molar-refractivity contribution in [2.75, 3.05) is 13.1 Å². The maximum Gasteiger partial charge on any atom is 0.317 e. The Kier molecular flexibility index (Phi) is 5.52. The van der Waals surface area contributed by atoms with Gasteiger partial charge in [-0.15, -0.1) is 0 Å². The van der Waals surface area contributed by atoms with Crippen LogP contribution in [0, 0.1) is 13.8 Å². The standard InChI is InChI=1S/C19H29N3O2/c1-13-6-7-15(12-14(13)2)17(23)20-16-8-10-22(11-9-16)18(24)21-19(3,4)5/h6-7,12,16H,8-11H2,1-5H3,(H,20,23)(H,21,24). The van der Waals surface area contributed by atoms with E-state index in [2.05, 4.69) is 10.6 Å². The van der Waals surface area contributed by atoms with Crippen LogP contribution in [-0.4, -0.2) is 41.5 Å². The Labute approximate surface area is 144 Å². The van der Waals surface area contributed by atoms with Gasteiger partial charge in [0.2, 0.25) is 0 Å². The van der Waals surface area contributed by atoms with Crippen LogP contribution in [0.4, 0.5) is 4.79 Å². The van der Waals surface area contributed by atoms with Gasteiger partial charge in [0.05, 0.1) is 0 Å². The molecule has 0 atom stereocenters. The molecule has 2 rings (SSSR count). The van der Waals surface area contributed by atoms with E-state index >= 15 is 0 Å². The minimum Gasteiger partial charge on any atom is -0.349 e. The smallest absolute Gasteiger partial charge is 0.317 e. The van der Waals surface area contributed by atoms with Gasteiger partial charge in [-0.2, -0.15) is 0 Å². The molecule has 3 amide bonds. The van der Waals surface area contributed by atoms with Gasteiger partial charge >= 0.3 is 6.03 Å². The highest BCUT2D eigenvalue weighted by Crippen LogP contribution is 2.14. The molecule has 24 heavy (non-hydrogen) atoms. The average molecular weight is 331 g/mol. The molecule has 0 bridgehead atoms. The molecule has 5 heteroatoms. The molecule has 1 saturated heterocycles. The number of hydrogen-bond acceptors (Lipinski definition) is 2. The Morgan fingerprint density at radius 2 is 1.71 bits per heavy atom. The van der Waals surface area contributed by atoms with Crippen LogP contribution in [0.5, 0.6) is 0 Å². The summed E-state index contributed by atoms with van der Waals surface area (Å²) in [6.07, 6.45) is 1.57. The van der Waals surface area contributed by atoms with Gasteiger partial charge in [-0.1, -0.05) is 6.07 Å². The summed E-state index contributed by atoms with van der Waals surface area (Å²) in [4.78, 5) is 26.4. The Morgan fingerprint density at radius 3 is 2.25 bits per heavy atom. The Hall–Kier alpha value is -2.04. The molecular formula is C19H29N3O2. The first-order valence-corrected chi connectivity index (χ1v) is 8.61. The molecule has 1 aliphatic rings. The maximum absolute atomic E-state index is 12.4. The number of rotatable bonds is 2. The fourth-order valence-corrected chi connectivity index (χ4v) is 2.78. The van der Waals surface area contributed by atoms with Crippen molar-refractivity contribution >= 4 is 11.9 Å². The molecule has 0 unspecified atom stereocenters. The van der Waals surface area contributed by atoms with E-state index < -0.39 is 0 Å². The van der Waals surface area contributed by atoms with Gasteiger partial charge in [-0.25, -0.2) is 4.79 Å². The van der Waals surface area contributed by atoms with E-state index in [0.717, 1.165) is 18.4 Å². The number of benzene rings is 1. The Bertz CT molecular complexity index is 612. The van der Waals surface area contributed by atoms with E-state index in [1.54, 1.807) is 0 Å². The summed E-state index contributed by atoms with van der Waals surface area (Å²) in [6, 6.07) is 5.86. The molecule has 2 N–H and O–H groups in total. The van der Waals surface area contributed by atoms with E-state index in [-0.39, 0.29) is 23.5 Å². The quantitative estimate of drug-likeness (QED) is 0.875. The lowest BCUT2D eigenvalue weighted by molar-refractivity contribution is 0.0917. The third-order valence-electron chi connectivity index (χ3n) is 4.37. The minimum absolute atomic E-state index is 0.0264. The van der Waals surface area contributed by atoms with Crippen molar-refractivity contribution in [3.63, 3.8) is 0 Å². The lowest BCUT2D eigenvalue weighted by atomic mass is 10.0. The van der Waals surface area contributed by atoms with Crippen LogP contribution in [0.25, 0.3) is 0 Å². The molecule has 1 heterocycles. The highest BCUT2D eigenvalue weighted by molar-refractivity contribution is 5.94. The van der Waals surface area contributed by atoms with Gasteiger partial charge in [0.25, 0.3) is 5.91 Å². The molecule has 1 aromatic carbocycles. The summed E-state index contributed by atoms with van der Waals surface area (Å²) in [7, 11) is 0. The summed E-state index contributed by atoms with van der Waals surface area (Å²) in [5.41, 5.74) is 2.78. The number of aryl methyl sites for hydroxylation is 2. The number of nitrogens with one attached hydrogen (secondary N) is 2. The van der Waals surface area contributed by atoms with E-state index in [4.69, 9.17) is 0 Å². The summed E-state index contributed by atoms with van der Waals surface area (Å²) in [5.74, 6) is -0.0318. The molecule has 0 saturated carbocycles. The molecule has 5 nitrogen and oxygen atoms in total. The predicted octanol–water partition coefficient (Wildman–Crippen LogP) is 3.01. The molecule has 0 aliphatic carbocycles. The molecule has 1 aromatic rings. The largest absolute Gasteiger partial charge is 0.349 e. The zero-order valence-corrected chi connectivity index (χ0v) is 15.4. The highest BCUT2D eigenvalue weighted by Gasteiger charge is 2.26. The first kappa shape index (κ1) is 18.3. The van der Waals surface area contributed by atoms with Crippen LogP contribution in [0.2, 0.25) is 0 Å². The van der Waals surface area contributed by atoms with Gasteiger partial charge < -0.3 is 15.5 Å². The monoisotopic (exact) mass is 331 g/mol. The maximum atomic E-state index is 12.4. The summed E-state index contributed by atoms with van der Waals surface area (Å²) < 4.78 is 0. The highest BCUT2D eigenvalue weighted by atomic mass is 16.2. The number of urea groups is 1. The van der Waals surface area contributed by atoms with E-state index in [1.807, 2.05) is 57.7 Å². The van der Waals surface area contributed by atoms with Crippen molar-refractivity contribution in [1.29, 1.82) is 0 Å². The molecule has 1 fully saturated rings. The third-order valence-corrected chi connectivity index (χ3v) is 4.37. The van der Waals surface area contributed by atoms with Gasteiger partial charge in [0, 0.05) is 30.2 Å². The number of piperidine rings is 1. The SMILES string of the molecule is Cc1ccc(C(=O)NC2CCN(C(=O)NC(C)(C)C)CC2)cc1C. The van der Waals surface area contributed by atoms with Crippen molar-refractivity contribution in [2.24, 2.45) is 0 Å². The molecular weight excluding hydrogens is 302 g/mol. The van der Waals surface area contributed by atoms with Gasteiger partial charge in [0.15, 0.2) is 0 Å². The first-order chi connectivity index (χ1) is 11.2. The fraction of sp³-hybridized carbons (Fsp3) is 0.579. The predicted molar refractivity (Wildman–Crippen MR) is 96.3 cm³/mol. The second kappa shape index (κ2) is 7.24. The molecule has 1 aliphatic heterocycles. The summed E-state index contributed by atoms with van der Waals surface area (Å²) >= 11 is 0. The number of carbonyl (C=O) groups excluding carboxylic acids is 2. The molecule has 0 spiro atoms. The van der Waals surface area contributed by atoms with Crippen LogP contribution in [0.1, 0.15) is 55.1 Å². The zero-order chi connectivity index (χ0) is 17.9. The van der Waals surface area contributed by atoms with E-state index in [9.17, 15) is 9.59 Å². The second-order valence-corrected chi connectivity index (χ2v) is 7.71. The normalized spacial score (nSPS) is 16.0. The Balaban J connectivity index is 1.85. The van der Waals surface area contributed by atoms with Crippen molar-refractivity contribution in [3.8, 4) is 0 Å². The molecule has 132 valence electrons. The number of nitrogens with zero attached hydrogens (tertiary/aromatic N) is 1. The van der Waals surface area contributed by atoms with Crippen molar-refractivity contribution in [1.82, 2.24) is 15.5 Å². The van der Waals surface area contributed by atoms with Crippen LogP contribution in [0.15, 0.2) is 18.2 Å². The second-order valence-electron chi connectivity index (χ2n) is 7.71. The number of carbonyl (C=O) groups is 2. The lowest BCUT2D eigenvalue weighted by Gasteiger charge is -2.34. The van der Waals surface area contributed by atoms with Crippen molar-refractivity contribution in [2.45, 2.75) is 59.0 Å². The van der Waals surface area contributed by atoms with Crippen molar-refractivity contribution in [3.05, 3.63) is 34.9 Å². The van der Waals surface area contributed by atoms with E-state index in [0.29, 0.717) is 18.7 Å². The van der Waals surface area contributed by atoms with Gasteiger partial charge in [-0.05, 0) is 70.7 Å². The lowest BCUT2D eigenvalue weighted by Crippen LogP contribution is -2.53. The minimum atomic E-state index is -0.231. The van der Waals surface area contributed by atoms with Gasteiger partial charge in [-0.3, -0.25) is 4.79 Å². The van der Waals surface area contributed by atoms with Crippen LogP contribution < -0.4 is 10.6 Å². The number of likely N-dealkylation sites (tertiary alicyclic amines) is 1. The first-order valence-electron chi connectivity index (χ1n) is 8.61. The number of hydrogen-bond donors (Lipinski definition) is 2. The third kappa shape index (κ3) is 4.98. The Morgan fingerprint density at radius 1 is 1.08 bits per heavy atom. The fourth-order valence-electron chi connectivity index (χ4n) is 2.78. The van der Waals surface area contributed by atoms with Crippen LogP contribution >= 0.6 is 0 Å². The van der Waals surface area contributed by atoms with Crippen LogP contribution in [0.3, 0.4) is 0 Å². The number of amides is 3. The topological polar surface area (TPSA) is 61.4 Å². The molecule has 0 aromatic heterocycles. The van der Waals surface area contributed by atoms with Crippen molar-refractivity contribution < 1.29 is 9.59 Å². The van der Waals surface area contributed by atoms with E-state index in [1.165, 1.54) is 5.56 Å². The zero-order valence-electron chi connectivity index (χ0n) is 15.4. The van der Waals surface area contributed by atoms with Crippen LogP contribution in [-0.2, 0) is 0 Å². The average Bonchev–Trinajstić information content (AvgIpc) is 2.49. The molecule has 0 radical (unpaired) electrons. The summed E-state index contributed by atoms with van der Waals surface area (Å²) in [5, 5.41) is 6.07.